The SMILES string of the molecule is CCCNC(Cc1ccc([N+](=O)[O-])cc1F)C1CC1. The fourth-order valence-corrected chi connectivity index (χ4v) is 2.29. The van der Waals surface area contributed by atoms with Crippen LogP contribution in [-0.2, 0) is 6.42 Å². The van der Waals surface area contributed by atoms with Crippen LogP contribution in [0.4, 0.5) is 10.1 Å². The van der Waals surface area contributed by atoms with E-state index in [2.05, 4.69) is 12.2 Å². The highest BCUT2D eigenvalue weighted by atomic mass is 19.1. The number of hydrogen-bond acceptors (Lipinski definition) is 3. The maximum atomic E-state index is 13.8. The predicted molar refractivity (Wildman–Crippen MR) is 71.6 cm³/mol. The molecule has 104 valence electrons. The number of nitro groups is 1. The van der Waals surface area contributed by atoms with Gasteiger partial charge < -0.3 is 5.32 Å². The van der Waals surface area contributed by atoms with Gasteiger partial charge in [-0.05, 0) is 49.8 Å². The molecule has 1 aromatic carbocycles. The van der Waals surface area contributed by atoms with Crippen molar-refractivity contribution in [3.63, 3.8) is 0 Å². The molecule has 4 nitrogen and oxygen atoms in total. The molecule has 1 aliphatic rings. The second-order valence-corrected chi connectivity index (χ2v) is 5.13. The van der Waals surface area contributed by atoms with Crippen molar-refractivity contribution in [2.45, 2.75) is 38.6 Å². The molecule has 0 saturated heterocycles. The summed E-state index contributed by atoms with van der Waals surface area (Å²) in [5.41, 5.74) is 0.372. The van der Waals surface area contributed by atoms with E-state index in [-0.39, 0.29) is 11.7 Å². The van der Waals surface area contributed by atoms with Crippen LogP contribution in [0, 0.1) is 21.8 Å². The molecule has 19 heavy (non-hydrogen) atoms. The zero-order chi connectivity index (χ0) is 13.8. The Morgan fingerprint density at radius 2 is 2.26 bits per heavy atom. The summed E-state index contributed by atoms with van der Waals surface area (Å²) in [7, 11) is 0. The van der Waals surface area contributed by atoms with E-state index in [9.17, 15) is 14.5 Å². The van der Waals surface area contributed by atoms with Crippen molar-refractivity contribution in [1.82, 2.24) is 5.32 Å². The Hall–Kier alpha value is -1.49. The number of benzene rings is 1. The van der Waals surface area contributed by atoms with Gasteiger partial charge in [0, 0.05) is 12.1 Å². The van der Waals surface area contributed by atoms with Gasteiger partial charge in [-0.3, -0.25) is 10.1 Å². The molecular formula is C14H19FN2O2. The monoisotopic (exact) mass is 266 g/mol. The summed E-state index contributed by atoms with van der Waals surface area (Å²) < 4.78 is 13.8. The molecule has 5 heteroatoms. The summed E-state index contributed by atoms with van der Waals surface area (Å²) in [6.07, 6.45) is 4.03. The lowest BCUT2D eigenvalue weighted by atomic mass is 10.0. The summed E-state index contributed by atoms with van der Waals surface area (Å²) >= 11 is 0. The van der Waals surface area contributed by atoms with Crippen LogP contribution in [0.15, 0.2) is 18.2 Å². The third-order valence-electron chi connectivity index (χ3n) is 3.53. The van der Waals surface area contributed by atoms with E-state index >= 15 is 0 Å². The normalized spacial score (nSPS) is 16.3. The lowest BCUT2D eigenvalue weighted by Crippen LogP contribution is -2.34. The second-order valence-electron chi connectivity index (χ2n) is 5.13. The molecule has 1 unspecified atom stereocenters. The van der Waals surface area contributed by atoms with E-state index in [1.54, 1.807) is 0 Å². The van der Waals surface area contributed by atoms with Crippen LogP contribution in [0.5, 0.6) is 0 Å². The van der Waals surface area contributed by atoms with E-state index < -0.39 is 10.7 Å². The van der Waals surface area contributed by atoms with Crippen molar-refractivity contribution < 1.29 is 9.31 Å². The van der Waals surface area contributed by atoms with Gasteiger partial charge in [0.25, 0.3) is 5.69 Å². The Labute approximate surface area is 112 Å². The zero-order valence-corrected chi connectivity index (χ0v) is 11.1. The molecule has 0 spiro atoms. The number of nitrogens with zero attached hydrogens (tertiary/aromatic N) is 1. The summed E-state index contributed by atoms with van der Waals surface area (Å²) in [6, 6.07) is 4.22. The van der Waals surface area contributed by atoms with E-state index in [1.807, 2.05) is 0 Å². The number of non-ortho nitro benzene ring substituents is 1. The van der Waals surface area contributed by atoms with Gasteiger partial charge in [0.05, 0.1) is 11.0 Å². The molecule has 1 aliphatic carbocycles. The Bertz CT molecular complexity index is 461. The summed E-state index contributed by atoms with van der Waals surface area (Å²) in [5, 5.41) is 14.0. The maximum absolute atomic E-state index is 13.8. The quantitative estimate of drug-likeness (QED) is 0.609. The van der Waals surface area contributed by atoms with Gasteiger partial charge in [0.15, 0.2) is 0 Å². The second kappa shape index (κ2) is 6.10. The molecule has 2 rings (SSSR count). The van der Waals surface area contributed by atoms with Gasteiger partial charge in [-0.2, -0.15) is 0 Å². The third-order valence-corrected chi connectivity index (χ3v) is 3.53. The highest BCUT2D eigenvalue weighted by molar-refractivity contribution is 5.34. The van der Waals surface area contributed by atoms with E-state index in [1.165, 1.54) is 25.0 Å². The molecule has 0 bridgehead atoms. The first-order valence-electron chi connectivity index (χ1n) is 6.78. The van der Waals surface area contributed by atoms with Crippen LogP contribution in [0.1, 0.15) is 31.7 Å². The van der Waals surface area contributed by atoms with E-state index in [0.29, 0.717) is 17.9 Å². The Kier molecular flexibility index (Phi) is 4.47. The maximum Gasteiger partial charge on any atom is 0.272 e. The largest absolute Gasteiger partial charge is 0.313 e. The fourth-order valence-electron chi connectivity index (χ4n) is 2.29. The number of hydrogen-bond donors (Lipinski definition) is 1. The molecule has 0 aliphatic heterocycles. The van der Waals surface area contributed by atoms with Crippen LogP contribution >= 0.6 is 0 Å². The van der Waals surface area contributed by atoms with Crippen molar-refractivity contribution in [3.8, 4) is 0 Å². The van der Waals surface area contributed by atoms with E-state index in [0.717, 1.165) is 19.0 Å². The number of nitro benzene ring substituents is 1. The Morgan fingerprint density at radius 1 is 1.53 bits per heavy atom. The first-order valence-corrected chi connectivity index (χ1v) is 6.78. The number of halogens is 1. The minimum atomic E-state index is -0.569. The first kappa shape index (κ1) is 13.9. The summed E-state index contributed by atoms with van der Waals surface area (Å²) in [6.45, 7) is 3.03. The lowest BCUT2D eigenvalue weighted by Gasteiger charge is -2.18. The molecule has 0 aromatic heterocycles. The minimum Gasteiger partial charge on any atom is -0.313 e. The van der Waals surface area contributed by atoms with Crippen molar-refractivity contribution >= 4 is 5.69 Å². The van der Waals surface area contributed by atoms with Crippen LogP contribution in [0.3, 0.4) is 0 Å². The average Bonchev–Trinajstić information content (AvgIpc) is 3.20. The molecular weight excluding hydrogens is 247 g/mol. The van der Waals surface area contributed by atoms with Crippen LogP contribution in [0.2, 0.25) is 0 Å². The van der Waals surface area contributed by atoms with Gasteiger partial charge >= 0.3 is 0 Å². The van der Waals surface area contributed by atoms with Gasteiger partial charge in [-0.15, -0.1) is 0 Å². The van der Waals surface area contributed by atoms with Crippen LogP contribution in [-0.4, -0.2) is 17.5 Å². The van der Waals surface area contributed by atoms with E-state index in [4.69, 9.17) is 0 Å². The van der Waals surface area contributed by atoms with Gasteiger partial charge in [0.1, 0.15) is 5.82 Å². The smallest absolute Gasteiger partial charge is 0.272 e. The highest BCUT2D eigenvalue weighted by Crippen LogP contribution is 2.34. The molecule has 1 atom stereocenters. The Balaban J connectivity index is 2.06. The highest BCUT2D eigenvalue weighted by Gasteiger charge is 2.31. The average molecular weight is 266 g/mol. The fraction of sp³-hybridized carbons (Fsp3) is 0.571. The Morgan fingerprint density at radius 3 is 2.79 bits per heavy atom. The first-order chi connectivity index (χ1) is 9.11. The third kappa shape index (κ3) is 3.73. The summed E-state index contributed by atoms with van der Waals surface area (Å²) in [4.78, 5) is 10.0. The number of rotatable bonds is 7. The molecule has 1 N–H and O–H groups in total. The topological polar surface area (TPSA) is 55.2 Å². The molecule has 0 amide bonds. The zero-order valence-electron chi connectivity index (χ0n) is 11.1. The van der Waals surface area contributed by atoms with Crippen LogP contribution < -0.4 is 5.32 Å². The number of nitrogens with one attached hydrogen (secondary N) is 1. The molecule has 0 heterocycles. The van der Waals surface area contributed by atoms with Crippen molar-refractivity contribution in [1.29, 1.82) is 0 Å². The molecule has 1 aromatic rings. The van der Waals surface area contributed by atoms with Crippen molar-refractivity contribution in [2.24, 2.45) is 5.92 Å². The summed E-state index contributed by atoms with van der Waals surface area (Å²) in [5.74, 6) is 0.152. The van der Waals surface area contributed by atoms with Crippen molar-refractivity contribution in [3.05, 3.63) is 39.7 Å². The minimum absolute atomic E-state index is 0.189. The van der Waals surface area contributed by atoms with Gasteiger partial charge in [-0.25, -0.2) is 4.39 Å². The van der Waals surface area contributed by atoms with Gasteiger partial charge in [0.2, 0.25) is 0 Å². The lowest BCUT2D eigenvalue weighted by molar-refractivity contribution is -0.385. The molecule has 1 saturated carbocycles. The standard InChI is InChI=1S/C14H19FN2O2/c1-2-7-16-14(10-3-4-10)8-11-5-6-12(17(18)19)9-13(11)15/h5-6,9-10,14,16H,2-4,7-8H2,1H3. The predicted octanol–water partition coefficient (Wildman–Crippen LogP) is 3.05. The molecule has 0 radical (unpaired) electrons. The van der Waals surface area contributed by atoms with Crippen LogP contribution in [0.25, 0.3) is 0 Å². The van der Waals surface area contributed by atoms with Gasteiger partial charge in [-0.1, -0.05) is 6.92 Å². The molecule has 1 fully saturated rings. The van der Waals surface area contributed by atoms with Crippen molar-refractivity contribution in [2.75, 3.05) is 6.54 Å².